The zero-order valence-corrected chi connectivity index (χ0v) is 19.2. The summed E-state index contributed by atoms with van der Waals surface area (Å²) in [6.07, 6.45) is 4.16. The smallest absolute Gasteiger partial charge is 0.226 e. The Bertz CT molecular complexity index is 973. The fraction of sp³-hybridized carbons (Fsp3) is 0.423. The first-order chi connectivity index (χ1) is 15.6. The number of benzene rings is 2. The van der Waals surface area contributed by atoms with Gasteiger partial charge in [-0.1, -0.05) is 38.1 Å². The zero-order chi connectivity index (χ0) is 22.8. The second-order valence-corrected chi connectivity index (χ2v) is 8.04. The van der Waals surface area contributed by atoms with Crippen LogP contribution in [0, 0.1) is 11.7 Å². The van der Waals surface area contributed by atoms with Crippen molar-refractivity contribution in [1.82, 2.24) is 10.3 Å². The van der Waals surface area contributed by atoms with Gasteiger partial charge in [0.15, 0.2) is 11.6 Å². The number of hydrogen-bond donors (Lipinski definition) is 1. The SMILES string of the molecule is CCNCc1ccc(OCCc2coc(-c3ccccc3CCC(C)COC)n2)c(F)c1. The third-order valence-electron chi connectivity index (χ3n) is 5.35. The summed E-state index contributed by atoms with van der Waals surface area (Å²) in [7, 11) is 1.73. The molecule has 5 nitrogen and oxygen atoms in total. The Morgan fingerprint density at radius 2 is 2.00 bits per heavy atom. The van der Waals surface area contributed by atoms with Crippen LogP contribution in [-0.2, 0) is 24.1 Å². The Morgan fingerprint density at radius 1 is 1.16 bits per heavy atom. The second kappa shape index (κ2) is 12.4. The Morgan fingerprint density at radius 3 is 2.78 bits per heavy atom. The maximum Gasteiger partial charge on any atom is 0.226 e. The van der Waals surface area contributed by atoms with Crippen LogP contribution in [0.4, 0.5) is 4.39 Å². The molecule has 172 valence electrons. The maximum atomic E-state index is 14.3. The molecule has 0 aliphatic rings. The highest BCUT2D eigenvalue weighted by Gasteiger charge is 2.13. The number of nitrogens with zero attached hydrogens (tertiary/aromatic N) is 1. The quantitative estimate of drug-likeness (QED) is 0.384. The minimum atomic E-state index is -0.349. The molecule has 0 spiro atoms. The molecule has 6 heteroatoms. The van der Waals surface area contributed by atoms with Gasteiger partial charge in [-0.05, 0) is 54.6 Å². The normalized spacial score (nSPS) is 12.1. The minimum absolute atomic E-state index is 0.254. The topological polar surface area (TPSA) is 56.5 Å². The van der Waals surface area contributed by atoms with E-state index in [0.717, 1.165) is 42.8 Å². The summed E-state index contributed by atoms with van der Waals surface area (Å²) in [5, 5.41) is 3.18. The van der Waals surface area contributed by atoms with Crippen LogP contribution in [-0.4, -0.2) is 31.9 Å². The van der Waals surface area contributed by atoms with Gasteiger partial charge in [-0.15, -0.1) is 0 Å². The molecule has 0 saturated heterocycles. The van der Waals surface area contributed by atoms with E-state index in [9.17, 15) is 4.39 Å². The van der Waals surface area contributed by atoms with E-state index in [4.69, 9.17) is 13.9 Å². The van der Waals surface area contributed by atoms with Crippen molar-refractivity contribution in [1.29, 1.82) is 0 Å². The molecule has 0 fully saturated rings. The van der Waals surface area contributed by atoms with Crippen molar-refractivity contribution in [3.8, 4) is 17.2 Å². The van der Waals surface area contributed by atoms with E-state index in [1.807, 2.05) is 31.2 Å². The van der Waals surface area contributed by atoms with E-state index in [-0.39, 0.29) is 11.6 Å². The zero-order valence-electron chi connectivity index (χ0n) is 19.2. The van der Waals surface area contributed by atoms with Crippen molar-refractivity contribution < 1.29 is 18.3 Å². The molecule has 3 rings (SSSR count). The van der Waals surface area contributed by atoms with Crippen molar-refractivity contribution >= 4 is 0 Å². The van der Waals surface area contributed by atoms with Gasteiger partial charge >= 0.3 is 0 Å². The summed E-state index contributed by atoms with van der Waals surface area (Å²) in [6.45, 7) is 6.77. The number of nitrogens with one attached hydrogen (secondary N) is 1. The number of hydrogen-bond acceptors (Lipinski definition) is 5. The van der Waals surface area contributed by atoms with Crippen molar-refractivity contribution in [3.63, 3.8) is 0 Å². The van der Waals surface area contributed by atoms with Crippen LogP contribution >= 0.6 is 0 Å². The lowest BCUT2D eigenvalue weighted by atomic mass is 9.98. The van der Waals surface area contributed by atoms with Crippen LogP contribution in [0.15, 0.2) is 53.1 Å². The molecule has 1 unspecified atom stereocenters. The highest BCUT2D eigenvalue weighted by atomic mass is 19.1. The van der Waals surface area contributed by atoms with Gasteiger partial charge in [0.05, 0.1) is 12.3 Å². The van der Waals surface area contributed by atoms with Crippen molar-refractivity contribution in [3.05, 3.63) is 71.4 Å². The van der Waals surface area contributed by atoms with Gasteiger partial charge in [0.1, 0.15) is 6.26 Å². The fourth-order valence-corrected chi connectivity index (χ4v) is 3.57. The van der Waals surface area contributed by atoms with Gasteiger partial charge < -0.3 is 19.2 Å². The monoisotopic (exact) mass is 440 g/mol. The number of aryl methyl sites for hydroxylation is 1. The molecular weight excluding hydrogens is 407 g/mol. The first-order valence-electron chi connectivity index (χ1n) is 11.2. The van der Waals surface area contributed by atoms with Crippen LogP contribution in [0.25, 0.3) is 11.5 Å². The van der Waals surface area contributed by atoms with Crippen LogP contribution < -0.4 is 10.1 Å². The molecule has 3 aromatic rings. The van der Waals surface area contributed by atoms with Gasteiger partial charge in [-0.3, -0.25) is 0 Å². The van der Waals surface area contributed by atoms with Crippen LogP contribution in [0.3, 0.4) is 0 Å². The molecule has 1 aromatic heterocycles. The maximum absolute atomic E-state index is 14.3. The molecule has 0 aliphatic carbocycles. The molecule has 0 bridgehead atoms. The fourth-order valence-electron chi connectivity index (χ4n) is 3.57. The molecule has 1 atom stereocenters. The van der Waals surface area contributed by atoms with Crippen LogP contribution in [0.1, 0.15) is 37.1 Å². The second-order valence-electron chi connectivity index (χ2n) is 8.04. The molecule has 0 aliphatic heterocycles. The molecule has 1 N–H and O–H groups in total. The van der Waals surface area contributed by atoms with E-state index in [1.54, 1.807) is 19.4 Å². The number of aromatic nitrogens is 1. The molecule has 0 radical (unpaired) electrons. The summed E-state index contributed by atoms with van der Waals surface area (Å²) in [5.74, 6) is 0.999. The number of methoxy groups -OCH3 is 1. The highest BCUT2D eigenvalue weighted by molar-refractivity contribution is 5.58. The van der Waals surface area contributed by atoms with E-state index in [1.165, 1.54) is 11.6 Å². The van der Waals surface area contributed by atoms with E-state index >= 15 is 0 Å². The molecule has 2 aromatic carbocycles. The molecule has 0 saturated carbocycles. The molecule has 32 heavy (non-hydrogen) atoms. The molecule has 1 heterocycles. The highest BCUT2D eigenvalue weighted by Crippen LogP contribution is 2.25. The average molecular weight is 441 g/mol. The van der Waals surface area contributed by atoms with Crippen molar-refractivity contribution in [2.24, 2.45) is 5.92 Å². The van der Waals surface area contributed by atoms with E-state index in [2.05, 4.69) is 23.3 Å². The minimum Gasteiger partial charge on any atom is -0.490 e. The summed E-state index contributed by atoms with van der Waals surface area (Å²) in [6, 6.07) is 13.2. The van der Waals surface area contributed by atoms with Gasteiger partial charge in [-0.25, -0.2) is 9.37 Å². The number of ether oxygens (including phenoxy) is 2. The predicted octanol–water partition coefficient (Wildman–Crippen LogP) is 5.43. The lowest BCUT2D eigenvalue weighted by molar-refractivity contribution is 0.156. The van der Waals surface area contributed by atoms with Crippen LogP contribution in [0.5, 0.6) is 5.75 Å². The third-order valence-corrected chi connectivity index (χ3v) is 5.35. The standard InChI is InChI=1S/C26H33FN2O3/c1-4-28-16-20-10-12-25(24(27)15-20)31-14-13-22-18-32-26(29-22)23-8-6-5-7-21(23)11-9-19(2)17-30-3/h5-8,10,12,15,18-19,28H,4,9,11,13-14,16-17H2,1-3H3. The van der Waals surface area contributed by atoms with Crippen molar-refractivity contribution in [2.45, 2.75) is 39.7 Å². The Hall–Kier alpha value is -2.70. The van der Waals surface area contributed by atoms with Gasteiger partial charge in [0.25, 0.3) is 0 Å². The number of halogens is 1. The predicted molar refractivity (Wildman–Crippen MR) is 124 cm³/mol. The summed E-state index contributed by atoms with van der Waals surface area (Å²) in [4.78, 5) is 4.63. The lowest BCUT2D eigenvalue weighted by Crippen LogP contribution is -2.12. The third kappa shape index (κ3) is 6.90. The van der Waals surface area contributed by atoms with Crippen molar-refractivity contribution in [2.75, 3.05) is 26.9 Å². The molecule has 0 amide bonds. The van der Waals surface area contributed by atoms with Gasteiger partial charge in [0, 0.05) is 32.2 Å². The Labute approximate surface area is 190 Å². The largest absolute Gasteiger partial charge is 0.490 e. The summed E-state index contributed by atoms with van der Waals surface area (Å²) >= 11 is 0. The summed E-state index contributed by atoms with van der Waals surface area (Å²) < 4.78 is 30.9. The Balaban J connectivity index is 1.57. The first-order valence-corrected chi connectivity index (χ1v) is 11.2. The number of oxazole rings is 1. The summed E-state index contributed by atoms with van der Waals surface area (Å²) in [5.41, 5.74) is 3.89. The lowest BCUT2D eigenvalue weighted by Gasteiger charge is -2.11. The average Bonchev–Trinajstić information content (AvgIpc) is 3.27. The van der Waals surface area contributed by atoms with E-state index < -0.39 is 0 Å². The molecular formula is C26H33FN2O3. The Kier molecular flexibility index (Phi) is 9.26. The van der Waals surface area contributed by atoms with Crippen LogP contribution in [0.2, 0.25) is 0 Å². The van der Waals surface area contributed by atoms with Gasteiger partial charge in [-0.2, -0.15) is 0 Å². The van der Waals surface area contributed by atoms with E-state index in [0.29, 0.717) is 31.4 Å². The number of rotatable bonds is 13. The van der Waals surface area contributed by atoms with Gasteiger partial charge in [0.2, 0.25) is 5.89 Å². The first kappa shape index (κ1) is 24.0.